The molecule has 19 heavy (non-hydrogen) atoms. The average Bonchev–Trinajstić information content (AvgIpc) is 2.27. The van der Waals surface area contributed by atoms with E-state index in [1.165, 1.54) is 11.3 Å². The number of aliphatic carboxylic acids is 1. The van der Waals surface area contributed by atoms with Crippen molar-refractivity contribution in [2.24, 2.45) is 11.7 Å². The van der Waals surface area contributed by atoms with E-state index in [1.807, 2.05) is 13.8 Å². The van der Waals surface area contributed by atoms with Crippen molar-refractivity contribution in [3.05, 3.63) is 0 Å². The summed E-state index contributed by atoms with van der Waals surface area (Å²) in [6, 6.07) is 0. The van der Waals surface area contributed by atoms with Crippen molar-refractivity contribution in [2.45, 2.75) is 57.9 Å². The molecule has 1 aliphatic carbocycles. The van der Waals surface area contributed by atoms with Gasteiger partial charge in [-0.3, -0.25) is 9.59 Å². The molecule has 110 valence electrons. The average molecular weight is 270 g/mol. The first kappa shape index (κ1) is 16.0. The zero-order valence-corrected chi connectivity index (χ0v) is 12.0. The monoisotopic (exact) mass is 270 g/mol. The van der Waals surface area contributed by atoms with Crippen LogP contribution in [-0.2, 0) is 9.59 Å². The van der Waals surface area contributed by atoms with Gasteiger partial charge in [-0.15, -0.1) is 0 Å². The Balaban J connectivity index is 2.61. The van der Waals surface area contributed by atoms with Gasteiger partial charge in [0.2, 0.25) is 5.91 Å². The molecule has 0 unspecified atom stereocenters. The van der Waals surface area contributed by atoms with Gasteiger partial charge < -0.3 is 15.7 Å². The minimum absolute atomic E-state index is 0.125. The van der Waals surface area contributed by atoms with Crippen molar-refractivity contribution >= 4 is 11.9 Å². The lowest BCUT2D eigenvalue weighted by Gasteiger charge is -2.35. The molecule has 1 rings (SSSR count). The summed E-state index contributed by atoms with van der Waals surface area (Å²) in [5.74, 6) is -0.840. The van der Waals surface area contributed by atoms with E-state index in [-0.39, 0.29) is 24.8 Å². The Morgan fingerprint density at radius 3 is 2.32 bits per heavy atom. The van der Waals surface area contributed by atoms with Crippen LogP contribution in [0.15, 0.2) is 0 Å². The Bertz CT molecular complexity index is 323. The van der Waals surface area contributed by atoms with Crippen LogP contribution in [0.3, 0.4) is 0 Å². The number of carbonyl (C=O) groups is 2. The number of nitrogens with zero attached hydrogens (tertiary/aromatic N) is 1. The van der Waals surface area contributed by atoms with Gasteiger partial charge in [-0.2, -0.15) is 0 Å². The van der Waals surface area contributed by atoms with Crippen molar-refractivity contribution in [1.29, 1.82) is 0 Å². The second kappa shape index (κ2) is 6.89. The molecular weight excluding hydrogens is 244 g/mol. The topological polar surface area (TPSA) is 83.6 Å². The number of carbonyl (C=O) groups excluding carboxylic acids is 1. The quantitative estimate of drug-likeness (QED) is 0.768. The summed E-state index contributed by atoms with van der Waals surface area (Å²) in [7, 11) is 0. The van der Waals surface area contributed by atoms with E-state index in [0.29, 0.717) is 6.54 Å². The van der Waals surface area contributed by atoms with E-state index in [0.717, 1.165) is 25.7 Å². The lowest BCUT2D eigenvalue weighted by molar-refractivity contribution is -0.145. The molecule has 3 N–H and O–H groups in total. The second-order valence-electron chi connectivity index (χ2n) is 6.16. The number of carboxylic acids is 1. The highest BCUT2D eigenvalue weighted by Gasteiger charge is 2.32. The molecule has 0 radical (unpaired) electrons. The normalized spacial score (nSPS) is 18.3. The molecule has 5 nitrogen and oxygen atoms in total. The fourth-order valence-electron chi connectivity index (χ4n) is 2.70. The summed E-state index contributed by atoms with van der Waals surface area (Å²) in [5.41, 5.74) is 5.84. The maximum atomic E-state index is 12.3. The third-order valence-electron chi connectivity index (χ3n) is 3.62. The molecule has 0 heterocycles. The molecule has 0 aromatic rings. The van der Waals surface area contributed by atoms with Gasteiger partial charge in [0.1, 0.15) is 6.54 Å². The van der Waals surface area contributed by atoms with Gasteiger partial charge in [0.25, 0.3) is 0 Å². The highest BCUT2D eigenvalue weighted by atomic mass is 16.4. The minimum atomic E-state index is -0.969. The van der Waals surface area contributed by atoms with E-state index in [1.54, 1.807) is 0 Å². The van der Waals surface area contributed by atoms with Crippen LogP contribution in [0.25, 0.3) is 0 Å². The van der Waals surface area contributed by atoms with Crippen molar-refractivity contribution in [3.8, 4) is 0 Å². The zero-order chi connectivity index (χ0) is 14.5. The SMILES string of the molecule is CC(C)CN(CC(=O)O)C(=O)CC1(N)CCCCC1. The third-order valence-corrected chi connectivity index (χ3v) is 3.62. The van der Waals surface area contributed by atoms with E-state index < -0.39 is 11.5 Å². The highest BCUT2D eigenvalue weighted by Crippen LogP contribution is 2.29. The largest absolute Gasteiger partial charge is 0.480 e. The van der Waals surface area contributed by atoms with Gasteiger partial charge in [0.15, 0.2) is 0 Å². The predicted molar refractivity (Wildman–Crippen MR) is 73.7 cm³/mol. The summed E-state index contributed by atoms with van der Waals surface area (Å²) in [4.78, 5) is 24.5. The molecule has 1 aliphatic rings. The third kappa shape index (κ3) is 5.59. The maximum absolute atomic E-state index is 12.3. The number of hydrogen-bond donors (Lipinski definition) is 2. The zero-order valence-electron chi connectivity index (χ0n) is 12.0. The van der Waals surface area contributed by atoms with Gasteiger partial charge in [-0.05, 0) is 18.8 Å². The summed E-state index contributed by atoms with van der Waals surface area (Å²) in [6.07, 6.45) is 5.30. The van der Waals surface area contributed by atoms with Gasteiger partial charge in [0.05, 0.1) is 0 Å². The maximum Gasteiger partial charge on any atom is 0.323 e. The second-order valence-corrected chi connectivity index (χ2v) is 6.16. The molecule has 0 aromatic carbocycles. The smallest absolute Gasteiger partial charge is 0.323 e. The van der Waals surface area contributed by atoms with E-state index in [2.05, 4.69) is 0 Å². The number of hydrogen-bond acceptors (Lipinski definition) is 3. The lowest BCUT2D eigenvalue weighted by Crippen LogP contribution is -2.48. The molecule has 0 spiro atoms. The van der Waals surface area contributed by atoms with Crippen LogP contribution in [0.1, 0.15) is 52.4 Å². The van der Waals surface area contributed by atoms with Gasteiger partial charge in [0, 0.05) is 18.5 Å². The van der Waals surface area contributed by atoms with Gasteiger partial charge >= 0.3 is 5.97 Å². The molecule has 1 fully saturated rings. The number of nitrogens with two attached hydrogens (primary N) is 1. The Morgan fingerprint density at radius 2 is 1.84 bits per heavy atom. The first-order valence-electron chi connectivity index (χ1n) is 7.11. The van der Waals surface area contributed by atoms with Crippen LogP contribution in [0.2, 0.25) is 0 Å². The molecule has 1 saturated carbocycles. The molecule has 0 saturated heterocycles. The van der Waals surface area contributed by atoms with Crippen LogP contribution < -0.4 is 5.73 Å². The molecule has 0 aromatic heterocycles. The standard InChI is InChI=1S/C14H26N2O3/c1-11(2)9-16(10-13(18)19)12(17)8-14(15)6-4-3-5-7-14/h11H,3-10,15H2,1-2H3,(H,18,19). The molecule has 0 bridgehead atoms. The fraction of sp³-hybridized carbons (Fsp3) is 0.857. The van der Waals surface area contributed by atoms with Crippen LogP contribution in [0.5, 0.6) is 0 Å². The molecule has 1 amide bonds. The number of amides is 1. The van der Waals surface area contributed by atoms with Gasteiger partial charge in [-0.25, -0.2) is 0 Å². The number of carboxylic acid groups (broad SMARTS) is 1. The molecular formula is C14H26N2O3. The Morgan fingerprint density at radius 1 is 1.26 bits per heavy atom. The van der Waals surface area contributed by atoms with E-state index in [9.17, 15) is 9.59 Å². The summed E-state index contributed by atoms with van der Waals surface area (Å²) < 4.78 is 0. The lowest BCUT2D eigenvalue weighted by atomic mass is 9.80. The van der Waals surface area contributed by atoms with Crippen LogP contribution in [0.4, 0.5) is 0 Å². The molecule has 0 aliphatic heterocycles. The molecule has 5 heteroatoms. The van der Waals surface area contributed by atoms with Crippen molar-refractivity contribution < 1.29 is 14.7 Å². The Kier molecular flexibility index (Phi) is 5.79. The highest BCUT2D eigenvalue weighted by molar-refractivity contribution is 5.82. The number of rotatable bonds is 6. The predicted octanol–water partition coefficient (Wildman–Crippen LogP) is 1.61. The Labute approximate surface area is 115 Å². The summed E-state index contributed by atoms with van der Waals surface area (Å²) >= 11 is 0. The van der Waals surface area contributed by atoms with Crippen molar-refractivity contribution in [3.63, 3.8) is 0 Å². The summed E-state index contributed by atoms with van der Waals surface area (Å²) in [6.45, 7) is 4.19. The first-order valence-corrected chi connectivity index (χ1v) is 7.11. The Hall–Kier alpha value is -1.10. The van der Waals surface area contributed by atoms with Crippen LogP contribution in [-0.4, -0.2) is 40.5 Å². The van der Waals surface area contributed by atoms with Crippen LogP contribution >= 0.6 is 0 Å². The van der Waals surface area contributed by atoms with Crippen molar-refractivity contribution in [2.75, 3.05) is 13.1 Å². The fourth-order valence-corrected chi connectivity index (χ4v) is 2.70. The van der Waals surface area contributed by atoms with E-state index in [4.69, 9.17) is 10.8 Å². The van der Waals surface area contributed by atoms with E-state index >= 15 is 0 Å². The van der Waals surface area contributed by atoms with Crippen molar-refractivity contribution in [1.82, 2.24) is 4.90 Å². The minimum Gasteiger partial charge on any atom is -0.480 e. The molecule has 0 atom stereocenters. The first-order chi connectivity index (χ1) is 8.82. The summed E-state index contributed by atoms with van der Waals surface area (Å²) in [5, 5.41) is 8.89. The van der Waals surface area contributed by atoms with Gasteiger partial charge in [-0.1, -0.05) is 33.1 Å². The van der Waals surface area contributed by atoms with Crippen LogP contribution in [0, 0.1) is 5.92 Å².